The highest BCUT2D eigenvalue weighted by Crippen LogP contribution is 2.33. The molecule has 4 aromatic rings. The first-order chi connectivity index (χ1) is 17.5. The molecule has 14 heteroatoms. The Morgan fingerprint density at radius 2 is 1.73 bits per heavy atom. The lowest BCUT2D eigenvalue weighted by atomic mass is 9.94. The zero-order chi connectivity index (χ0) is 26.4. The molecule has 5 rings (SSSR count). The predicted octanol–water partition coefficient (Wildman–Crippen LogP) is 4.21. The first-order valence-electron chi connectivity index (χ1n) is 11.2. The van der Waals surface area contributed by atoms with E-state index in [1.165, 1.54) is 12.1 Å². The minimum absolute atomic E-state index is 0.0925. The molecule has 0 saturated carbocycles. The van der Waals surface area contributed by atoms with Crippen LogP contribution in [0.15, 0.2) is 53.9 Å². The molecule has 0 bridgehead atoms. The molecular formula is C23H21F4N7O2S. The fourth-order valence-electron chi connectivity index (χ4n) is 4.33. The van der Waals surface area contributed by atoms with E-state index < -0.39 is 27.4 Å². The molecule has 37 heavy (non-hydrogen) atoms. The average molecular weight is 536 g/mol. The van der Waals surface area contributed by atoms with Crippen molar-refractivity contribution in [1.82, 2.24) is 24.6 Å². The second-order valence-corrected chi connectivity index (χ2v) is 10.7. The van der Waals surface area contributed by atoms with Gasteiger partial charge in [0.25, 0.3) is 0 Å². The molecule has 1 aromatic carbocycles. The SMILES string of the molecule is CS(=O)(=O)c1ccc(Nc2ccnn3c(C4CCN(c5ncc(C(F)(F)F)cn5)CC4)cnc23)cc1F. The average Bonchev–Trinajstić information content (AvgIpc) is 3.28. The standard InChI is InChI=1S/C23H21F4N7O2S/c1-37(35,36)20-3-2-16(10-17(20)24)32-18-4-7-31-34-19(13-28-21(18)34)14-5-8-33(9-6-14)22-29-11-15(12-30-22)23(25,26)27/h2-4,7,10-14,32H,5-6,8-9H2,1H3. The van der Waals surface area contributed by atoms with Crippen molar-refractivity contribution in [1.29, 1.82) is 0 Å². The maximum absolute atomic E-state index is 14.3. The first kappa shape index (κ1) is 24.9. The van der Waals surface area contributed by atoms with E-state index in [2.05, 4.69) is 25.4 Å². The fraction of sp³-hybridized carbons (Fsp3) is 0.304. The number of benzene rings is 1. The third-order valence-corrected chi connectivity index (χ3v) is 7.33. The van der Waals surface area contributed by atoms with Crippen molar-refractivity contribution in [3.63, 3.8) is 0 Å². The summed E-state index contributed by atoms with van der Waals surface area (Å²) < 4.78 is 77.7. The summed E-state index contributed by atoms with van der Waals surface area (Å²) in [5.41, 5.74) is 1.40. The highest BCUT2D eigenvalue weighted by Gasteiger charge is 2.32. The van der Waals surface area contributed by atoms with Gasteiger partial charge in [0.2, 0.25) is 5.95 Å². The Bertz CT molecular complexity index is 1550. The quantitative estimate of drug-likeness (QED) is 0.379. The van der Waals surface area contributed by atoms with Crippen molar-refractivity contribution in [2.24, 2.45) is 0 Å². The number of nitrogens with zero attached hydrogens (tertiary/aromatic N) is 6. The second kappa shape index (κ2) is 9.25. The van der Waals surface area contributed by atoms with Crippen LogP contribution in [0.25, 0.3) is 5.65 Å². The maximum Gasteiger partial charge on any atom is 0.419 e. The van der Waals surface area contributed by atoms with Crippen LogP contribution in [0.1, 0.15) is 30.0 Å². The molecule has 0 spiro atoms. The van der Waals surface area contributed by atoms with E-state index in [0.717, 1.165) is 30.4 Å². The first-order valence-corrected chi connectivity index (χ1v) is 13.1. The van der Waals surface area contributed by atoms with Crippen LogP contribution in [0.4, 0.5) is 34.9 Å². The highest BCUT2D eigenvalue weighted by atomic mass is 32.2. The normalized spacial score (nSPS) is 15.3. The number of hydrogen-bond acceptors (Lipinski definition) is 8. The van der Waals surface area contributed by atoms with Crippen LogP contribution < -0.4 is 10.2 Å². The van der Waals surface area contributed by atoms with Gasteiger partial charge in [0.1, 0.15) is 10.7 Å². The van der Waals surface area contributed by atoms with Gasteiger partial charge in [-0.15, -0.1) is 0 Å². The Hall–Kier alpha value is -3.81. The molecule has 1 fully saturated rings. The van der Waals surface area contributed by atoms with Gasteiger partial charge in [-0.25, -0.2) is 32.3 Å². The zero-order valence-electron chi connectivity index (χ0n) is 19.4. The van der Waals surface area contributed by atoms with Gasteiger partial charge in [-0.05, 0) is 37.1 Å². The maximum atomic E-state index is 14.3. The van der Waals surface area contributed by atoms with Crippen LogP contribution >= 0.6 is 0 Å². The number of nitrogens with one attached hydrogen (secondary N) is 1. The third-order valence-electron chi connectivity index (χ3n) is 6.20. The molecule has 0 amide bonds. The van der Waals surface area contributed by atoms with Gasteiger partial charge in [0.05, 0.1) is 29.3 Å². The zero-order valence-corrected chi connectivity index (χ0v) is 20.3. The van der Waals surface area contributed by atoms with Gasteiger partial charge < -0.3 is 10.2 Å². The van der Waals surface area contributed by atoms with Crippen molar-refractivity contribution in [2.45, 2.75) is 29.8 Å². The Labute approximate surface area is 209 Å². The minimum Gasteiger partial charge on any atom is -0.352 e. The number of halogens is 4. The van der Waals surface area contributed by atoms with Gasteiger partial charge in [0, 0.05) is 43.3 Å². The molecule has 0 atom stereocenters. The molecule has 3 aromatic heterocycles. The number of rotatable bonds is 5. The molecule has 0 aliphatic carbocycles. The van der Waals surface area contributed by atoms with E-state index in [0.29, 0.717) is 43.0 Å². The van der Waals surface area contributed by atoms with Crippen molar-refractivity contribution < 1.29 is 26.0 Å². The Balaban J connectivity index is 1.31. The Kier molecular flexibility index (Phi) is 6.22. The van der Waals surface area contributed by atoms with E-state index in [1.807, 2.05) is 4.90 Å². The lowest BCUT2D eigenvalue weighted by molar-refractivity contribution is -0.138. The van der Waals surface area contributed by atoms with E-state index in [1.54, 1.807) is 23.0 Å². The van der Waals surface area contributed by atoms with Crippen molar-refractivity contribution in [2.75, 3.05) is 29.6 Å². The molecule has 1 aliphatic rings. The minimum atomic E-state index is -4.48. The van der Waals surface area contributed by atoms with Gasteiger partial charge in [-0.1, -0.05) is 0 Å². The van der Waals surface area contributed by atoms with Crippen LogP contribution in [0, 0.1) is 5.82 Å². The Morgan fingerprint density at radius 1 is 1.03 bits per heavy atom. The van der Waals surface area contributed by atoms with Crippen LogP contribution in [0.5, 0.6) is 0 Å². The molecule has 1 N–H and O–H groups in total. The number of imidazole rings is 1. The molecule has 1 aliphatic heterocycles. The van der Waals surface area contributed by atoms with E-state index in [9.17, 15) is 26.0 Å². The van der Waals surface area contributed by atoms with Crippen molar-refractivity contribution >= 4 is 32.8 Å². The summed E-state index contributed by atoms with van der Waals surface area (Å²) in [6, 6.07) is 5.46. The lowest BCUT2D eigenvalue weighted by Gasteiger charge is -2.31. The summed E-state index contributed by atoms with van der Waals surface area (Å²) in [6.07, 6.45) is 2.71. The summed E-state index contributed by atoms with van der Waals surface area (Å²) in [7, 11) is -3.68. The van der Waals surface area contributed by atoms with Gasteiger partial charge >= 0.3 is 6.18 Å². The smallest absolute Gasteiger partial charge is 0.352 e. The molecular weight excluding hydrogens is 514 g/mol. The summed E-state index contributed by atoms with van der Waals surface area (Å²) in [6.45, 7) is 1.10. The molecule has 1 saturated heterocycles. The summed E-state index contributed by atoms with van der Waals surface area (Å²) in [4.78, 5) is 13.7. The summed E-state index contributed by atoms with van der Waals surface area (Å²) in [5, 5.41) is 7.47. The number of alkyl halides is 3. The van der Waals surface area contributed by atoms with Gasteiger partial charge in [0.15, 0.2) is 15.5 Å². The van der Waals surface area contributed by atoms with E-state index in [-0.39, 0.29) is 16.8 Å². The lowest BCUT2D eigenvalue weighted by Crippen LogP contribution is -2.34. The fourth-order valence-corrected chi connectivity index (χ4v) is 5.06. The van der Waals surface area contributed by atoms with Crippen LogP contribution in [-0.4, -0.2) is 52.3 Å². The van der Waals surface area contributed by atoms with E-state index >= 15 is 0 Å². The van der Waals surface area contributed by atoms with Crippen LogP contribution in [0.3, 0.4) is 0 Å². The third kappa shape index (κ3) is 5.05. The molecule has 0 unspecified atom stereocenters. The van der Waals surface area contributed by atoms with E-state index in [4.69, 9.17) is 0 Å². The predicted molar refractivity (Wildman–Crippen MR) is 127 cm³/mol. The number of anilines is 3. The largest absolute Gasteiger partial charge is 0.419 e. The number of sulfone groups is 1. The Morgan fingerprint density at radius 3 is 2.35 bits per heavy atom. The molecule has 9 nitrogen and oxygen atoms in total. The number of aromatic nitrogens is 5. The molecule has 0 radical (unpaired) electrons. The monoisotopic (exact) mass is 535 g/mol. The number of fused-ring (bicyclic) bond motifs is 1. The van der Waals surface area contributed by atoms with Gasteiger partial charge in [-0.2, -0.15) is 18.3 Å². The topological polar surface area (TPSA) is 105 Å². The van der Waals surface area contributed by atoms with Crippen LogP contribution in [0.2, 0.25) is 0 Å². The second-order valence-electron chi connectivity index (χ2n) is 8.74. The molecule has 4 heterocycles. The van der Waals surface area contributed by atoms with Crippen molar-refractivity contribution in [3.05, 3.63) is 66.1 Å². The van der Waals surface area contributed by atoms with Crippen molar-refractivity contribution in [3.8, 4) is 0 Å². The number of hydrogen-bond donors (Lipinski definition) is 1. The molecule has 194 valence electrons. The van der Waals surface area contributed by atoms with Gasteiger partial charge in [-0.3, -0.25) is 0 Å². The summed E-state index contributed by atoms with van der Waals surface area (Å²) >= 11 is 0. The summed E-state index contributed by atoms with van der Waals surface area (Å²) in [5.74, 6) is -0.511. The number of piperidine rings is 1. The highest BCUT2D eigenvalue weighted by molar-refractivity contribution is 7.90. The van der Waals surface area contributed by atoms with Crippen LogP contribution in [-0.2, 0) is 16.0 Å².